The number of aliphatic hydroxyl groups excluding tert-OH is 2. The van der Waals surface area contributed by atoms with Crippen LogP contribution in [0, 0.1) is 17.8 Å². The number of halogens is 1. The highest BCUT2D eigenvalue weighted by Crippen LogP contribution is 2.58. The highest BCUT2D eigenvalue weighted by Gasteiger charge is 2.65. The van der Waals surface area contributed by atoms with E-state index in [9.17, 15) is 39.9 Å². The molecule has 9 nitrogen and oxygen atoms in total. The zero-order valence-corrected chi connectivity index (χ0v) is 17.3. The van der Waals surface area contributed by atoms with Gasteiger partial charge in [-0.1, -0.05) is 18.5 Å². The average molecular weight is 450 g/mol. The maximum Gasteiger partial charge on any atom is 0.255 e. The number of hydrogen-bond acceptors (Lipinski definition) is 8. The van der Waals surface area contributed by atoms with Gasteiger partial charge in [0.1, 0.15) is 22.8 Å². The van der Waals surface area contributed by atoms with Gasteiger partial charge in [-0.15, -0.1) is 0 Å². The third-order valence-corrected chi connectivity index (χ3v) is 7.20. The van der Waals surface area contributed by atoms with E-state index >= 15 is 0 Å². The summed E-state index contributed by atoms with van der Waals surface area (Å²) in [5.74, 6) is -9.17. The first-order valence-corrected chi connectivity index (χ1v) is 9.88. The number of benzene rings is 1. The van der Waals surface area contributed by atoms with E-state index in [4.69, 9.17) is 17.3 Å². The summed E-state index contributed by atoms with van der Waals surface area (Å²) in [6.07, 6.45) is -0.219. The predicted octanol–water partition coefficient (Wildman–Crippen LogP) is 0.988. The fourth-order valence-electron chi connectivity index (χ4n) is 5.27. The van der Waals surface area contributed by atoms with Crippen molar-refractivity contribution in [3.63, 3.8) is 0 Å². The van der Waals surface area contributed by atoms with E-state index in [0.717, 1.165) is 0 Å². The molecular formula is C21H20ClNO8. The van der Waals surface area contributed by atoms with Gasteiger partial charge >= 0.3 is 0 Å². The zero-order valence-electron chi connectivity index (χ0n) is 16.5. The highest BCUT2D eigenvalue weighted by atomic mass is 35.5. The summed E-state index contributed by atoms with van der Waals surface area (Å²) in [7, 11) is 0. The summed E-state index contributed by atoms with van der Waals surface area (Å²) in [5.41, 5.74) is -1.04. The molecule has 10 heteroatoms. The molecule has 31 heavy (non-hydrogen) atoms. The number of aliphatic hydroxyl groups is 4. The smallest absolute Gasteiger partial charge is 0.255 e. The second-order valence-corrected chi connectivity index (χ2v) is 8.86. The topological polar surface area (TPSA) is 178 Å². The van der Waals surface area contributed by atoms with Crippen molar-refractivity contribution < 1.29 is 39.9 Å². The number of carbonyl (C=O) groups is 3. The lowest BCUT2D eigenvalue weighted by Gasteiger charge is -2.51. The number of hydrogen-bond donors (Lipinski definition) is 6. The number of Topliss-reactive ketones (excluding diaryl/α,β-unsaturated/α-hetero) is 2. The monoisotopic (exact) mass is 449 g/mol. The summed E-state index contributed by atoms with van der Waals surface area (Å²) in [6.45, 7) is 2.71. The molecule has 5 atom stereocenters. The van der Waals surface area contributed by atoms with Crippen molar-refractivity contribution >= 4 is 34.8 Å². The first kappa shape index (κ1) is 21.4. The van der Waals surface area contributed by atoms with E-state index in [2.05, 4.69) is 0 Å². The van der Waals surface area contributed by atoms with Crippen molar-refractivity contribution in [3.05, 3.63) is 45.2 Å². The molecule has 1 aromatic carbocycles. The first-order valence-electron chi connectivity index (χ1n) is 9.50. The van der Waals surface area contributed by atoms with Crippen LogP contribution in [0.1, 0.15) is 31.4 Å². The van der Waals surface area contributed by atoms with Gasteiger partial charge in [0, 0.05) is 33.9 Å². The molecule has 5 unspecified atom stereocenters. The van der Waals surface area contributed by atoms with Gasteiger partial charge < -0.3 is 31.3 Å². The summed E-state index contributed by atoms with van der Waals surface area (Å²) < 4.78 is 0. The summed E-state index contributed by atoms with van der Waals surface area (Å²) in [6, 6.07) is 2.49. The molecule has 7 N–H and O–H groups in total. The SMILES string of the molecule is CC1C(=O)C(C(N)=O)=C(O)C2(O)C(=O)C3=C(O)c4c(O)ccc(Cl)c4C(C)(O)C3CC12. The van der Waals surface area contributed by atoms with Gasteiger partial charge in [-0.3, -0.25) is 14.4 Å². The lowest BCUT2D eigenvalue weighted by molar-refractivity contribution is -0.157. The third kappa shape index (κ3) is 2.42. The molecule has 0 aromatic heterocycles. The van der Waals surface area contributed by atoms with Crippen molar-refractivity contribution in [1.29, 1.82) is 0 Å². The van der Waals surface area contributed by atoms with Crippen molar-refractivity contribution in [3.8, 4) is 5.75 Å². The molecule has 164 valence electrons. The second kappa shape index (κ2) is 6.32. The molecule has 1 saturated carbocycles. The summed E-state index contributed by atoms with van der Waals surface area (Å²) in [4.78, 5) is 37.9. The number of rotatable bonds is 1. The largest absolute Gasteiger partial charge is 0.508 e. The van der Waals surface area contributed by atoms with Gasteiger partial charge in [0.25, 0.3) is 5.91 Å². The van der Waals surface area contributed by atoms with Crippen molar-refractivity contribution in [2.45, 2.75) is 31.5 Å². The van der Waals surface area contributed by atoms with Crippen LogP contribution in [0.4, 0.5) is 0 Å². The number of fused-ring (bicyclic) bond motifs is 3. The van der Waals surface area contributed by atoms with Crippen LogP contribution >= 0.6 is 11.6 Å². The first-order chi connectivity index (χ1) is 14.3. The number of amides is 1. The van der Waals surface area contributed by atoms with E-state index in [1.54, 1.807) is 0 Å². The van der Waals surface area contributed by atoms with Gasteiger partial charge in [-0.2, -0.15) is 0 Å². The summed E-state index contributed by atoms with van der Waals surface area (Å²) >= 11 is 6.23. The highest BCUT2D eigenvalue weighted by molar-refractivity contribution is 6.32. The molecule has 1 aromatic rings. The Morgan fingerprint density at radius 2 is 1.81 bits per heavy atom. The molecule has 3 aliphatic rings. The molecule has 0 radical (unpaired) electrons. The molecule has 0 aliphatic heterocycles. The Bertz CT molecular complexity index is 1150. The van der Waals surface area contributed by atoms with Crippen molar-refractivity contribution in [2.75, 3.05) is 0 Å². The number of aromatic hydroxyl groups is 1. The number of phenols is 1. The quantitative estimate of drug-likeness (QED) is 0.343. The van der Waals surface area contributed by atoms with E-state index < -0.39 is 74.8 Å². The second-order valence-electron chi connectivity index (χ2n) is 8.46. The van der Waals surface area contributed by atoms with Crippen LogP contribution in [0.5, 0.6) is 5.75 Å². The minimum atomic E-state index is -2.72. The van der Waals surface area contributed by atoms with Gasteiger partial charge in [0.2, 0.25) is 5.78 Å². The van der Waals surface area contributed by atoms with Crippen LogP contribution in [0.2, 0.25) is 5.02 Å². The molecule has 0 heterocycles. The van der Waals surface area contributed by atoms with E-state index in [-0.39, 0.29) is 22.6 Å². The van der Waals surface area contributed by atoms with Crippen molar-refractivity contribution in [1.82, 2.24) is 0 Å². The Labute approximate surface area is 181 Å². The van der Waals surface area contributed by atoms with Crippen LogP contribution in [-0.2, 0) is 20.0 Å². The molecule has 0 bridgehead atoms. The number of nitrogens with two attached hydrogens (primary N) is 1. The van der Waals surface area contributed by atoms with Gasteiger partial charge in [0.15, 0.2) is 11.4 Å². The van der Waals surface area contributed by atoms with Crippen LogP contribution in [0.3, 0.4) is 0 Å². The van der Waals surface area contributed by atoms with E-state index in [1.165, 1.54) is 26.0 Å². The molecular weight excluding hydrogens is 430 g/mol. The molecule has 4 rings (SSSR count). The molecule has 1 fully saturated rings. The maximum absolute atomic E-state index is 13.5. The fraction of sp³-hybridized carbons (Fsp3) is 0.381. The zero-order chi connectivity index (χ0) is 23.2. The van der Waals surface area contributed by atoms with Gasteiger partial charge in [-0.05, 0) is 25.5 Å². The fourth-order valence-corrected chi connectivity index (χ4v) is 5.62. The average Bonchev–Trinajstić information content (AvgIpc) is 2.67. The maximum atomic E-state index is 13.5. The van der Waals surface area contributed by atoms with Crippen LogP contribution in [0.25, 0.3) is 5.76 Å². The predicted molar refractivity (Wildman–Crippen MR) is 107 cm³/mol. The van der Waals surface area contributed by atoms with E-state index in [1.807, 2.05) is 0 Å². The Balaban J connectivity index is 2.06. The molecule has 3 aliphatic carbocycles. The Morgan fingerprint density at radius 3 is 2.39 bits per heavy atom. The lowest BCUT2D eigenvalue weighted by Crippen LogP contribution is -2.62. The number of primary amides is 1. The third-order valence-electron chi connectivity index (χ3n) is 6.88. The molecule has 0 saturated heterocycles. The summed E-state index contributed by atoms with van der Waals surface area (Å²) in [5, 5.41) is 54.5. The van der Waals surface area contributed by atoms with E-state index in [0.29, 0.717) is 0 Å². The van der Waals surface area contributed by atoms with Crippen LogP contribution in [-0.4, -0.2) is 48.6 Å². The number of phenolic OH excluding ortho intramolecular Hbond substituents is 1. The standard InChI is InChI=1S/C21H20ClNO8/c1-6-7-5-8-11(17(27)21(7,31)18(28)13(15(6)25)19(23)29)16(26)12-10(24)4-3-9(22)14(12)20(8,2)30/h3-4,6-8,24,26,28,30-31H,5H2,1-2H3,(H2,23,29). The minimum Gasteiger partial charge on any atom is -0.508 e. The van der Waals surface area contributed by atoms with Crippen LogP contribution in [0.15, 0.2) is 29.0 Å². The normalized spacial score (nSPS) is 34.9. The minimum absolute atomic E-state index is 0.00830. The Hall–Kier alpha value is -2.88. The Kier molecular flexibility index (Phi) is 4.35. The number of ketones is 2. The molecule has 0 spiro atoms. The molecule has 1 amide bonds. The lowest BCUT2D eigenvalue weighted by atomic mass is 9.53. The van der Waals surface area contributed by atoms with Crippen molar-refractivity contribution in [2.24, 2.45) is 23.5 Å². The Morgan fingerprint density at radius 1 is 1.19 bits per heavy atom. The van der Waals surface area contributed by atoms with Gasteiger partial charge in [-0.25, -0.2) is 0 Å². The number of carbonyl (C=O) groups excluding carboxylic acids is 3. The van der Waals surface area contributed by atoms with Crippen LogP contribution < -0.4 is 5.73 Å². The van der Waals surface area contributed by atoms with Gasteiger partial charge in [0.05, 0.1) is 11.2 Å².